The van der Waals surface area contributed by atoms with Crippen LogP contribution in [0.25, 0.3) is 0 Å². The summed E-state index contributed by atoms with van der Waals surface area (Å²) in [5, 5.41) is 0. The Kier molecular flexibility index (Phi) is 8.05. The van der Waals surface area contributed by atoms with Crippen molar-refractivity contribution in [3.05, 3.63) is 99.6 Å². The number of hydrogen-bond donors (Lipinski definition) is 0. The molecule has 35 heavy (non-hydrogen) atoms. The van der Waals surface area contributed by atoms with Gasteiger partial charge in [0, 0.05) is 17.7 Å². The van der Waals surface area contributed by atoms with E-state index in [0.29, 0.717) is 36.2 Å². The quantitative estimate of drug-likeness (QED) is 0.140. The molecule has 0 amide bonds. The lowest BCUT2D eigenvalue weighted by Crippen LogP contribution is -2.23. The van der Waals surface area contributed by atoms with E-state index in [1.807, 2.05) is 12.8 Å². The molecule has 184 valence electrons. The molecule has 1 nitrogen and oxygen atoms in total. The maximum Gasteiger partial charge on any atom is 0.429 e. The van der Waals surface area contributed by atoms with Gasteiger partial charge < -0.3 is 4.74 Å². The molecule has 0 N–H and O–H groups in total. The summed E-state index contributed by atoms with van der Waals surface area (Å²) in [7, 11) is 0. The molecule has 3 aromatic rings. The van der Waals surface area contributed by atoms with Gasteiger partial charge in [-0.05, 0) is 42.7 Å². The third kappa shape index (κ3) is 6.32. The number of halogens is 8. The number of benzene rings is 3. The lowest BCUT2D eigenvalue weighted by molar-refractivity contribution is -0.187. The van der Waals surface area contributed by atoms with Crippen molar-refractivity contribution in [1.29, 1.82) is 0 Å². The molecule has 0 aliphatic heterocycles. The van der Waals surface area contributed by atoms with E-state index < -0.39 is 63.5 Å². The average molecular weight is 498 g/mol. The monoisotopic (exact) mass is 498 g/mol. The van der Waals surface area contributed by atoms with E-state index in [0.717, 1.165) is 31.4 Å². The Morgan fingerprint density at radius 2 is 1.37 bits per heavy atom. The van der Waals surface area contributed by atoms with E-state index in [9.17, 15) is 35.1 Å². The Hall–Kier alpha value is -3.54. The molecular formula is C26H18F8O. The van der Waals surface area contributed by atoms with Crippen LogP contribution in [0.3, 0.4) is 0 Å². The molecule has 9 heteroatoms. The van der Waals surface area contributed by atoms with Crippen LogP contribution in [-0.2, 0) is 12.5 Å². The van der Waals surface area contributed by atoms with Crippen molar-refractivity contribution in [2.24, 2.45) is 0 Å². The fraction of sp³-hybridized carbons (Fsp3) is 0.231. The van der Waals surface area contributed by atoms with E-state index in [1.165, 1.54) is 6.07 Å². The smallest absolute Gasteiger partial charge is 0.429 e. The summed E-state index contributed by atoms with van der Waals surface area (Å²) in [5.74, 6) is -5.82. The maximum absolute atomic E-state index is 14.5. The minimum absolute atomic E-state index is 0.407. The molecule has 0 saturated heterocycles. The van der Waals surface area contributed by atoms with Gasteiger partial charge in [-0.2, -0.15) is 8.78 Å². The van der Waals surface area contributed by atoms with E-state index in [4.69, 9.17) is 0 Å². The summed E-state index contributed by atoms with van der Waals surface area (Å²) in [6, 6.07) is 4.99. The van der Waals surface area contributed by atoms with Gasteiger partial charge in [0.15, 0.2) is 17.5 Å². The van der Waals surface area contributed by atoms with Crippen molar-refractivity contribution in [2.75, 3.05) is 0 Å². The number of ether oxygens (including phenoxy) is 1. The van der Waals surface area contributed by atoms with E-state index >= 15 is 0 Å². The highest BCUT2D eigenvalue weighted by molar-refractivity contribution is 5.46. The first-order valence-electron chi connectivity index (χ1n) is 10.5. The number of aryl methyl sites for hydroxylation is 1. The standard InChI is InChI=1S/C26H18F8O/c1-2-3-4-5-15-7-9-19(22(29)10-15)26(33,34)35-17-13-20(27)18(21(28)14-17)8-6-16-11-23(30)25(32)24(31)12-16/h7,9-14H,2-5H2,1H3. The molecule has 0 radical (unpaired) electrons. The third-order valence-corrected chi connectivity index (χ3v) is 4.99. The second-order valence-corrected chi connectivity index (χ2v) is 7.66. The molecule has 3 rings (SSSR count). The predicted octanol–water partition coefficient (Wildman–Crippen LogP) is 7.78. The fourth-order valence-electron chi connectivity index (χ4n) is 3.22. The lowest BCUT2D eigenvalue weighted by atomic mass is 10.0. The van der Waals surface area contributed by atoms with Gasteiger partial charge in [0.25, 0.3) is 0 Å². The van der Waals surface area contributed by atoms with Crippen LogP contribution in [0, 0.1) is 46.7 Å². The van der Waals surface area contributed by atoms with Crippen molar-refractivity contribution in [3.63, 3.8) is 0 Å². The molecule has 0 aromatic heterocycles. The summed E-state index contributed by atoms with van der Waals surface area (Å²) < 4.78 is 116. The van der Waals surface area contributed by atoms with Gasteiger partial charge in [-0.3, -0.25) is 0 Å². The van der Waals surface area contributed by atoms with Crippen molar-refractivity contribution in [3.8, 4) is 17.6 Å². The van der Waals surface area contributed by atoms with E-state index in [1.54, 1.807) is 0 Å². The SMILES string of the molecule is CCCCCc1ccc(C(F)(F)Oc2cc(F)c(C#Cc3cc(F)c(F)c(F)c3)c(F)c2)c(F)c1. The van der Waals surface area contributed by atoms with E-state index in [-0.39, 0.29) is 0 Å². The Morgan fingerprint density at radius 1 is 0.743 bits per heavy atom. The highest BCUT2D eigenvalue weighted by Crippen LogP contribution is 2.35. The van der Waals surface area contributed by atoms with Gasteiger partial charge in [-0.25, -0.2) is 26.3 Å². The second-order valence-electron chi connectivity index (χ2n) is 7.66. The molecule has 0 bridgehead atoms. The normalized spacial score (nSPS) is 11.2. The minimum Gasteiger partial charge on any atom is -0.429 e. The van der Waals surface area contributed by atoms with Crippen LogP contribution in [0.5, 0.6) is 5.75 Å². The Morgan fingerprint density at radius 3 is 1.94 bits per heavy atom. The first-order valence-corrected chi connectivity index (χ1v) is 10.5. The molecule has 0 atom stereocenters. The van der Waals surface area contributed by atoms with E-state index in [2.05, 4.69) is 10.7 Å². The largest absolute Gasteiger partial charge is 0.429 e. The van der Waals surface area contributed by atoms with Gasteiger partial charge in [0.1, 0.15) is 23.2 Å². The summed E-state index contributed by atoms with van der Waals surface area (Å²) in [6.45, 7) is 1.99. The molecule has 0 spiro atoms. The summed E-state index contributed by atoms with van der Waals surface area (Å²) in [5.41, 5.74) is -1.91. The molecule has 0 saturated carbocycles. The van der Waals surface area contributed by atoms with Gasteiger partial charge in [0.2, 0.25) is 0 Å². The van der Waals surface area contributed by atoms with Crippen molar-refractivity contribution >= 4 is 0 Å². The molecule has 0 aliphatic rings. The molecule has 0 aliphatic carbocycles. The summed E-state index contributed by atoms with van der Waals surface area (Å²) in [6.07, 6.45) is -1.14. The number of alkyl halides is 2. The van der Waals surface area contributed by atoms with Crippen LogP contribution in [0.4, 0.5) is 35.1 Å². The average Bonchev–Trinajstić information content (AvgIpc) is 2.76. The lowest BCUT2D eigenvalue weighted by Gasteiger charge is -2.19. The molecular weight excluding hydrogens is 480 g/mol. The Balaban J connectivity index is 1.82. The second kappa shape index (κ2) is 10.8. The maximum atomic E-state index is 14.5. The number of rotatable bonds is 7. The van der Waals surface area contributed by atoms with Crippen LogP contribution < -0.4 is 4.74 Å². The first-order chi connectivity index (χ1) is 16.5. The van der Waals surface area contributed by atoms with Crippen LogP contribution in [0.1, 0.15) is 48.4 Å². The minimum atomic E-state index is -4.25. The van der Waals surface area contributed by atoms with Crippen molar-refractivity contribution in [2.45, 2.75) is 38.7 Å². The first kappa shape index (κ1) is 26.1. The third-order valence-electron chi connectivity index (χ3n) is 4.99. The zero-order chi connectivity index (χ0) is 25.8. The van der Waals surface area contributed by atoms with Crippen LogP contribution in [-0.4, -0.2) is 0 Å². The molecule has 3 aromatic carbocycles. The summed E-state index contributed by atoms with van der Waals surface area (Å²) >= 11 is 0. The molecule has 0 unspecified atom stereocenters. The number of unbranched alkanes of at least 4 members (excludes halogenated alkanes) is 2. The molecule has 0 heterocycles. The fourth-order valence-corrected chi connectivity index (χ4v) is 3.22. The van der Waals surface area contributed by atoms with Gasteiger partial charge in [-0.15, -0.1) is 0 Å². The van der Waals surface area contributed by atoms with Crippen molar-refractivity contribution < 1.29 is 39.9 Å². The topological polar surface area (TPSA) is 9.23 Å². The van der Waals surface area contributed by atoms with Crippen LogP contribution in [0.15, 0.2) is 42.5 Å². The van der Waals surface area contributed by atoms with Gasteiger partial charge >= 0.3 is 6.11 Å². The van der Waals surface area contributed by atoms with Crippen LogP contribution in [0.2, 0.25) is 0 Å². The predicted molar refractivity (Wildman–Crippen MR) is 113 cm³/mol. The number of hydrogen-bond acceptors (Lipinski definition) is 1. The van der Waals surface area contributed by atoms with Gasteiger partial charge in [0.05, 0.1) is 11.1 Å². The van der Waals surface area contributed by atoms with Gasteiger partial charge in [-0.1, -0.05) is 37.7 Å². The molecule has 0 fully saturated rings. The highest BCUT2D eigenvalue weighted by Gasteiger charge is 2.38. The van der Waals surface area contributed by atoms with Crippen LogP contribution >= 0.6 is 0 Å². The highest BCUT2D eigenvalue weighted by atomic mass is 19.3. The zero-order valence-corrected chi connectivity index (χ0v) is 18.3. The Bertz CT molecular complexity index is 1240. The zero-order valence-electron chi connectivity index (χ0n) is 18.3. The Labute approximate surface area is 196 Å². The van der Waals surface area contributed by atoms with Crippen molar-refractivity contribution in [1.82, 2.24) is 0 Å². The summed E-state index contributed by atoms with van der Waals surface area (Å²) in [4.78, 5) is 0.